The lowest BCUT2D eigenvalue weighted by Crippen LogP contribution is -2.28. The monoisotopic (exact) mass is 289 g/mol. The van der Waals surface area contributed by atoms with Gasteiger partial charge in [0.05, 0.1) is 11.7 Å². The van der Waals surface area contributed by atoms with Gasteiger partial charge in [0, 0.05) is 6.54 Å². The van der Waals surface area contributed by atoms with Gasteiger partial charge in [-0.15, -0.1) is 0 Å². The molecule has 0 spiro atoms. The lowest BCUT2D eigenvalue weighted by atomic mass is 9.91. The number of hydrogen-bond donors (Lipinski definition) is 1. The minimum absolute atomic E-state index is 0.0667. The summed E-state index contributed by atoms with van der Waals surface area (Å²) in [6, 6.07) is 10.9. The zero-order valence-corrected chi connectivity index (χ0v) is 14.1. The van der Waals surface area contributed by atoms with E-state index in [1.165, 1.54) is 18.4 Å². The molecule has 1 aromatic carbocycles. The second-order valence-corrected chi connectivity index (χ2v) is 7.43. The van der Waals surface area contributed by atoms with E-state index in [1.54, 1.807) is 0 Å². The molecule has 1 N–H and O–H groups in total. The lowest BCUT2D eigenvalue weighted by molar-refractivity contribution is -0.0209. The second kappa shape index (κ2) is 7.42. The van der Waals surface area contributed by atoms with Crippen LogP contribution in [0.25, 0.3) is 0 Å². The van der Waals surface area contributed by atoms with Crippen molar-refractivity contribution >= 4 is 0 Å². The molecule has 0 amide bonds. The third-order valence-corrected chi connectivity index (χ3v) is 4.32. The molecule has 1 heterocycles. The van der Waals surface area contributed by atoms with E-state index in [2.05, 4.69) is 63.3 Å². The third-order valence-electron chi connectivity index (χ3n) is 4.32. The van der Waals surface area contributed by atoms with Gasteiger partial charge in [0.15, 0.2) is 0 Å². The van der Waals surface area contributed by atoms with Crippen molar-refractivity contribution in [3.63, 3.8) is 0 Å². The van der Waals surface area contributed by atoms with Crippen LogP contribution in [0.3, 0.4) is 0 Å². The molecular formula is C19H31NO. The Labute approximate surface area is 130 Å². The van der Waals surface area contributed by atoms with Gasteiger partial charge in [0.25, 0.3) is 0 Å². The Hall–Kier alpha value is -0.860. The van der Waals surface area contributed by atoms with Crippen LogP contribution in [0.1, 0.15) is 58.4 Å². The number of nitrogens with one attached hydrogen (secondary N) is 1. The molecule has 1 aliphatic rings. The highest BCUT2D eigenvalue weighted by Crippen LogP contribution is 2.34. The van der Waals surface area contributed by atoms with E-state index in [9.17, 15) is 0 Å². The molecule has 1 saturated heterocycles. The van der Waals surface area contributed by atoms with Crippen molar-refractivity contribution in [1.29, 1.82) is 0 Å². The Balaban J connectivity index is 1.95. The average molecular weight is 289 g/mol. The van der Waals surface area contributed by atoms with Crippen molar-refractivity contribution in [1.82, 2.24) is 5.32 Å². The second-order valence-electron chi connectivity index (χ2n) is 7.43. The molecule has 0 aliphatic carbocycles. The van der Waals surface area contributed by atoms with Crippen LogP contribution in [0.4, 0.5) is 0 Å². The molecule has 2 unspecified atom stereocenters. The Morgan fingerprint density at radius 1 is 1.19 bits per heavy atom. The number of hydrogen-bond acceptors (Lipinski definition) is 2. The smallest absolute Gasteiger partial charge is 0.0631 e. The highest BCUT2D eigenvalue weighted by atomic mass is 16.5. The fourth-order valence-corrected chi connectivity index (χ4v) is 3.17. The van der Waals surface area contributed by atoms with Crippen LogP contribution in [0.5, 0.6) is 0 Å². The highest BCUT2D eigenvalue weighted by Gasteiger charge is 2.33. The molecule has 118 valence electrons. The van der Waals surface area contributed by atoms with Gasteiger partial charge in [-0.25, -0.2) is 0 Å². The van der Waals surface area contributed by atoms with Gasteiger partial charge in [-0.2, -0.15) is 0 Å². The van der Waals surface area contributed by atoms with Gasteiger partial charge in [0.2, 0.25) is 0 Å². The molecule has 0 radical (unpaired) electrons. The van der Waals surface area contributed by atoms with E-state index in [0.29, 0.717) is 17.9 Å². The highest BCUT2D eigenvalue weighted by molar-refractivity contribution is 5.20. The molecular weight excluding hydrogens is 258 g/mol. The van der Waals surface area contributed by atoms with E-state index in [4.69, 9.17) is 4.74 Å². The average Bonchev–Trinajstić information content (AvgIpc) is 2.77. The predicted molar refractivity (Wildman–Crippen MR) is 89.7 cm³/mol. The summed E-state index contributed by atoms with van der Waals surface area (Å²) >= 11 is 0. The molecule has 0 bridgehead atoms. The summed E-state index contributed by atoms with van der Waals surface area (Å²) in [7, 11) is 0. The molecule has 1 aliphatic heterocycles. The summed E-state index contributed by atoms with van der Waals surface area (Å²) in [6.45, 7) is 11.1. The van der Waals surface area contributed by atoms with E-state index in [0.717, 1.165) is 19.5 Å². The summed E-state index contributed by atoms with van der Waals surface area (Å²) < 4.78 is 6.20. The van der Waals surface area contributed by atoms with Gasteiger partial charge in [-0.3, -0.25) is 0 Å². The molecule has 2 atom stereocenters. The van der Waals surface area contributed by atoms with Crippen molar-refractivity contribution in [3.05, 3.63) is 35.9 Å². The quantitative estimate of drug-likeness (QED) is 0.805. The van der Waals surface area contributed by atoms with Gasteiger partial charge in [-0.05, 0) is 57.1 Å². The maximum absolute atomic E-state index is 6.20. The number of ether oxygens (including phenoxy) is 1. The fourth-order valence-electron chi connectivity index (χ4n) is 3.17. The predicted octanol–water partition coefficient (Wildman–Crippen LogP) is 4.36. The lowest BCUT2D eigenvalue weighted by Gasteiger charge is -2.24. The third kappa shape index (κ3) is 5.44. The number of benzene rings is 1. The van der Waals surface area contributed by atoms with E-state index < -0.39 is 0 Å². The van der Waals surface area contributed by atoms with Crippen LogP contribution < -0.4 is 5.32 Å². The van der Waals surface area contributed by atoms with Crippen LogP contribution in [0.15, 0.2) is 30.3 Å². The van der Waals surface area contributed by atoms with E-state index in [1.807, 2.05) is 0 Å². The molecule has 0 saturated carbocycles. The Kier molecular flexibility index (Phi) is 5.83. The maximum atomic E-state index is 6.20. The van der Waals surface area contributed by atoms with Crippen LogP contribution in [0.2, 0.25) is 0 Å². The Morgan fingerprint density at radius 3 is 2.48 bits per heavy atom. The summed E-state index contributed by atoms with van der Waals surface area (Å²) in [5.41, 5.74) is 1.50. The van der Waals surface area contributed by atoms with Crippen molar-refractivity contribution < 1.29 is 4.74 Å². The minimum Gasteiger partial charge on any atom is -0.372 e. The topological polar surface area (TPSA) is 21.3 Å². The molecule has 1 fully saturated rings. The minimum atomic E-state index is 0.0667. The molecule has 2 rings (SSSR count). The van der Waals surface area contributed by atoms with Crippen LogP contribution in [-0.2, 0) is 4.74 Å². The van der Waals surface area contributed by atoms with Crippen LogP contribution in [-0.4, -0.2) is 24.8 Å². The first-order valence-electron chi connectivity index (χ1n) is 8.40. The molecule has 1 aromatic rings. The fraction of sp³-hybridized carbons (Fsp3) is 0.684. The first-order valence-corrected chi connectivity index (χ1v) is 8.40. The van der Waals surface area contributed by atoms with E-state index >= 15 is 0 Å². The van der Waals surface area contributed by atoms with Gasteiger partial charge >= 0.3 is 0 Å². The summed E-state index contributed by atoms with van der Waals surface area (Å²) in [4.78, 5) is 0. The molecule has 21 heavy (non-hydrogen) atoms. The number of rotatable bonds is 7. The zero-order valence-electron chi connectivity index (χ0n) is 14.1. The van der Waals surface area contributed by atoms with Gasteiger partial charge in [-0.1, -0.05) is 44.2 Å². The van der Waals surface area contributed by atoms with Crippen molar-refractivity contribution in [2.45, 2.75) is 64.6 Å². The zero-order chi connectivity index (χ0) is 15.3. The summed E-state index contributed by atoms with van der Waals surface area (Å²) in [5.74, 6) is 1.24. The van der Waals surface area contributed by atoms with E-state index in [-0.39, 0.29) is 5.60 Å². The van der Waals surface area contributed by atoms with Crippen molar-refractivity contribution in [2.75, 3.05) is 13.1 Å². The van der Waals surface area contributed by atoms with Gasteiger partial charge < -0.3 is 10.1 Å². The maximum Gasteiger partial charge on any atom is 0.0631 e. The largest absolute Gasteiger partial charge is 0.372 e. The summed E-state index contributed by atoms with van der Waals surface area (Å²) in [6.07, 6.45) is 3.91. The van der Waals surface area contributed by atoms with Crippen LogP contribution >= 0.6 is 0 Å². The molecule has 2 heteroatoms. The van der Waals surface area contributed by atoms with Gasteiger partial charge in [0.1, 0.15) is 0 Å². The van der Waals surface area contributed by atoms with Crippen molar-refractivity contribution in [3.8, 4) is 0 Å². The normalized spacial score (nSPS) is 22.6. The standard InChI is InChI=1S/C19H31NO/c1-15(2)13-20-14-17(16-8-6-5-7-9-16)12-18-10-11-19(3,4)21-18/h5-9,15,17-18,20H,10-14H2,1-4H3. The summed E-state index contributed by atoms with van der Waals surface area (Å²) in [5, 5.41) is 3.62. The Morgan fingerprint density at radius 2 is 1.90 bits per heavy atom. The SMILES string of the molecule is CC(C)CNCC(CC1CCC(C)(C)O1)c1ccccc1. The van der Waals surface area contributed by atoms with Crippen LogP contribution in [0, 0.1) is 5.92 Å². The van der Waals surface area contributed by atoms with Crippen molar-refractivity contribution in [2.24, 2.45) is 5.92 Å². The Bertz CT molecular complexity index is 413. The first kappa shape index (κ1) is 16.5. The molecule has 2 nitrogen and oxygen atoms in total. The first-order chi connectivity index (χ1) is 9.96. The molecule has 0 aromatic heterocycles.